The van der Waals surface area contributed by atoms with Crippen LogP contribution >= 0.6 is 0 Å². The molecule has 0 unspecified atom stereocenters. The van der Waals surface area contributed by atoms with Crippen molar-refractivity contribution < 1.29 is 0 Å². The summed E-state index contributed by atoms with van der Waals surface area (Å²) in [5.74, 6) is 0. The van der Waals surface area contributed by atoms with Crippen LogP contribution in [0.2, 0.25) is 0 Å². The lowest BCUT2D eigenvalue weighted by Crippen LogP contribution is -2.26. The minimum atomic E-state index is 0.985. The van der Waals surface area contributed by atoms with Gasteiger partial charge in [0.1, 0.15) is 0 Å². The SMILES string of the molecule is C=c1/c(=C\C=C/C)c2ccccc2n1-c1cccc(-c2cccc(-c3cccc(-c4cccc(-n5c6ccccc6c6ccccc65)c4)c3)c2)c1. The zero-order valence-corrected chi connectivity index (χ0v) is 28.5. The predicted molar refractivity (Wildman–Crippen MR) is 218 cm³/mol. The minimum absolute atomic E-state index is 0.985. The van der Waals surface area contributed by atoms with E-state index >= 15 is 0 Å². The number of hydrogen-bond donors (Lipinski definition) is 0. The van der Waals surface area contributed by atoms with Crippen molar-refractivity contribution in [1.82, 2.24) is 9.13 Å². The monoisotopic (exact) mass is 652 g/mol. The third-order valence-corrected chi connectivity index (χ3v) is 9.99. The Hall–Kier alpha value is -6.64. The Bertz CT molecular complexity index is 2840. The molecule has 0 N–H and O–H groups in total. The molecule has 0 amide bonds. The third kappa shape index (κ3) is 5.29. The summed E-state index contributed by atoms with van der Waals surface area (Å²) in [6.07, 6.45) is 6.29. The van der Waals surface area contributed by atoms with E-state index in [4.69, 9.17) is 0 Å². The standard InChI is InChI=1S/C49H36N2/c1-3-4-23-43-34(2)50(47-27-8-5-24-44(43)47)41-21-13-19-39(32-41)37-17-11-15-35(30-37)36-16-12-18-38(31-36)40-20-14-22-42(33-40)51-48-28-9-6-25-45(48)46-26-7-10-29-49(46)51/h3-33H,2H2,1H3/b4-3-,43-23+. The first-order valence-electron chi connectivity index (χ1n) is 17.5. The van der Waals surface area contributed by atoms with E-state index in [1.54, 1.807) is 0 Å². The van der Waals surface area contributed by atoms with Gasteiger partial charge in [-0.05, 0) is 94.9 Å². The quantitative estimate of drug-likeness (QED) is 0.169. The number of rotatable bonds is 6. The molecule has 9 rings (SSSR count). The smallest absolute Gasteiger partial charge is 0.0541 e. The Morgan fingerprint density at radius 2 is 0.804 bits per heavy atom. The average Bonchev–Trinajstić information content (AvgIpc) is 3.68. The van der Waals surface area contributed by atoms with Crippen molar-refractivity contribution in [2.45, 2.75) is 6.92 Å². The summed E-state index contributed by atoms with van der Waals surface area (Å²) in [6.45, 7) is 6.56. The molecule has 0 atom stereocenters. The Kier molecular flexibility index (Phi) is 7.56. The zero-order chi connectivity index (χ0) is 34.3. The lowest BCUT2D eigenvalue weighted by molar-refractivity contribution is 1.07. The lowest BCUT2D eigenvalue weighted by Gasteiger charge is -2.12. The van der Waals surface area contributed by atoms with Gasteiger partial charge in [0.15, 0.2) is 0 Å². The van der Waals surface area contributed by atoms with Gasteiger partial charge in [0.2, 0.25) is 0 Å². The molecule has 0 spiro atoms. The summed E-state index contributed by atoms with van der Waals surface area (Å²) in [5.41, 5.74) is 12.9. The van der Waals surface area contributed by atoms with Crippen LogP contribution in [0.15, 0.2) is 182 Å². The van der Waals surface area contributed by atoms with E-state index in [0.717, 1.165) is 27.5 Å². The van der Waals surface area contributed by atoms with Crippen molar-refractivity contribution in [3.05, 3.63) is 193 Å². The third-order valence-electron chi connectivity index (χ3n) is 9.99. The maximum Gasteiger partial charge on any atom is 0.0541 e. The Labute approximate surface area is 297 Å². The molecule has 0 aliphatic carbocycles. The van der Waals surface area contributed by atoms with Crippen LogP contribution in [0.4, 0.5) is 0 Å². The molecule has 2 heterocycles. The molecule has 2 nitrogen and oxygen atoms in total. The topological polar surface area (TPSA) is 9.86 Å². The van der Waals surface area contributed by atoms with Gasteiger partial charge < -0.3 is 9.13 Å². The van der Waals surface area contributed by atoms with Crippen molar-refractivity contribution in [3.8, 4) is 44.8 Å². The summed E-state index contributed by atoms with van der Waals surface area (Å²) in [6, 6.07) is 61.3. The molecule has 0 radical (unpaired) electrons. The second kappa shape index (κ2) is 12.7. The summed E-state index contributed by atoms with van der Waals surface area (Å²) in [7, 11) is 0. The van der Waals surface area contributed by atoms with E-state index in [1.165, 1.54) is 60.6 Å². The van der Waals surface area contributed by atoms with Gasteiger partial charge in [-0.3, -0.25) is 0 Å². The lowest BCUT2D eigenvalue weighted by atomic mass is 9.96. The molecule has 0 fully saturated rings. The number of fused-ring (bicyclic) bond motifs is 4. The minimum Gasteiger partial charge on any atom is -0.310 e. The van der Waals surface area contributed by atoms with Crippen LogP contribution in [-0.2, 0) is 0 Å². The summed E-state index contributed by atoms with van der Waals surface area (Å²) < 4.78 is 4.65. The number of aromatic nitrogens is 2. The van der Waals surface area contributed by atoms with Crippen LogP contribution in [0.3, 0.4) is 0 Å². The van der Waals surface area contributed by atoms with Gasteiger partial charge in [0.25, 0.3) is 0 Å². The van der Waals surface area contributed by atoms with Crippen LogP contribution < -0.4 is 10.6 Å². The highest BCUT2D eigenvalue weighted by Crippen LogP contribution is 2.35. The highest BCUT2D eigenvalue weighted by atomic mass is 15.0. The number of para-hydroxylation sites is 3. The molecular weight excluding hydrogens is 617 g/mol. The molecule has 0 aliphatic rings. The van der Waals surface area contributed by atoms with Gasteiger partial charge in [-0.15, -0.1) is 0 Å². The molecule has 0 aliphatic heterocycles. The molecule has 7 aromatic carbocycles. The first-order valence-corrected chi connectivity index (χ1v) is 17.5. The van der Waals surface area contributed by atoms with Crippen LogP contribution in [0.5, 0.6) is 0 Å². The molecule has 0 saturated carbocycles. The van der Waals surface area contributed by atoms with E-state index in [2.05, 4.69) is 204 Å². The Balaban J connectivity index is 1.09. The Morgan fingerprint density at radius 1 is 0.412 bits per heavy atom. The maximum absolute atomic E-state index is 4.52. The van der Waals surface area contributed by atoms with Crippen molar-refractivity contribution in [1.29, 1.82) is 0 Å². The number of benzene rings is 7. The molecular formula is C49H36N2. The number of nitrogens with zero attached hydrogens (tertiary/aromatic N) is 2. The number of allylic oxidation sites excluding steroid dienone is 2. The normalized spacial score (nSPS) is 12.1. The second-order valence-corrected chi connectivity index (χ2v) is 13.0. The zero-order valence-electron chi connectivity index (χ0n) is 28.5. The molecule has 2 aromatic heterocycles. The highest BCUT2D eigenvalue weighted by molar-refractivity contribution is 6.09. The van der Waals surface area contributed by atoms with Crippen LogP contribution in [0.25, 0.3) is 90.1 Å². The fourth-order valence-corrected chi connectivity index (χ4v) is 7.60. The summed E-state index contributed by atoms with van der Waals surface area (Å²) in [5, 5.41) is 5.88. The molecule has 242 valence electrons. The first kappa shape index (κ1) is 30.4. The van der Waals surface area contributed by atoms with E-state index in [1.807, 2.05) is 6.92 Å². The van der Waals surface area contributed by atoms with Crippen molar-refractivity contribution in [2.24, 2.45) is 0 Å². The highest BCUT2D eigenvalue weighted by Gasteiger charge is 2.13. The predicted octanol–water partition coefficient (Wildman–Crippen LogP) is 11.5. The summed E-state index contributed by atoms with van der Waals surface area (Å²) in [4.78, 5) is 0. The van der Waals surface area contributed by atoms with E-state index in [9.17, 15) is 0 Å². The maximum atomic E-state index is 4.52. The van der Waals surface area contributed by atoms with Gasteiger partial charge >= 0.3 is 0 Å². The largest absolute Gasteiger partial charge is 0.310 e. The molecule has 0 bridgehead atoms. The van der Waals surface area contributed by atoms with E-state index in [0.29, 0.717) is 0 Å². The van der Waals surface area contributed by atoms with Crippen LogP contribution in [0, 0.1) is 0 Å². The van der Waals surface area contributed by atoms with Crippen LogP contribution in [0.1, 0.15) is 6.92 Å². The van der Waals surface area contributed by atoms with Gasteiger partial charge in [0, 0.05) is 38.1 Å². The van der Waals surface area contributed by atoms with Crippen LogP contribution in [-0.4, -0.2) is 9.13 Å². The second-order valence-electron chi connectivity index (χ2n) is 13.0. The Morgan fingerprint density at radius 3 is 1.29 bits per heavy atom. The van der Waals surface area contributed by atoms with Gasteiger partial charge in [-0.25, -0.2) is 0 Å². The van der Waals surface area contributed by atoms with Gasteiger partial charge in [0.05, 0.1) is 16.6 Å². The molecule has 51 heavy (non-hydrogen) atoms. The molecule has 2 heteroatoms. The van der Waals surface area contributed by atoms with Crippen molar-refractivity contribution in [3.63, 3.8) is 0 Å². The fraction of sp³-hybridized carbons (Fsp3) is 0.0204. The van der Waals surface area contributed by atoms with Crippen molar-refractivity contribution in [2.75, 3.05) is 0 Å². The number of hydrogen-bond acceptors (Lipinski definition) is 0. The van der Waals surface area contributed by atoms with E-state index < -0.39 is 0 Å². The van der Waals surface area contributed by atoms with Crippen molar-refractivity contribution >= 4 is 45.4 Å². The average molecular weight is 653 g/mol. The van der Waals surface area contributed by atoms with E-state index in [-0.39, 0.29) is 0 Å². The molecule has 0 saturated heterocycles. The fourth-order valence-electron chi connectivity index (χ4n) is 7.60. The first-order chi connectivity index (χ1) is 25.2. The van der Waals surface area contributed by atoms with Gasteiger partial charge in [-0.1, -0.05) is 140 Å². The summed E-state index contributed by atoms with van der Waals surface area (Å²) >= 11 is 0. The van der Waals surface area contributed by atoms with Gasteiger partial charge in [-0.2, -0.15) is 0 Å². The molecule has 9 aromatic rings.